The van der Waals surface area contributed by atoms with Gasteiger partial charge in [0.2, 0.25) is 0 Å². The van der Waals surface area contributed by atoms with Crippen LogP contribution in [0.4, 0.5) is 17.1 Å². The molecule has 1 aliphatic rings. The number of hydrogen-bond donors (Lipinski definition) is 1. The van der Waals surface area contributed by atoms with Crippen LogP contribution in [0.25, 0.3) is 0 Å². The fraction of sp³-hybridized carbons (Fsp3) is 0.0714. The number of anilines is 1. The molecule has 2 aromatic rings. The molecule has 0 spiro atoms. The molecule has 0 aliphatic carbocycles. The number of halogens is 1. The SMILES string of the molecule is O=C(Nc1cccc2c1N=[Se]=N2)c1ccc(CBr)cc1. The average Bonchev–Trinajstić information content (AvgIpc) is 2.97. The van der Waals surface area contributed by atoms with Gasteiger partial charge in [-0.3, -0.25) is 0 Å². The third-order valence-corrected chi connectivity index (χ3v) is 4.69. The third kappa shape index (κ3) is 2.68. The molecular formula is C14H10BrN3OSe. The Labute approximate surface area is 130 Å². The predicted molar refractivity (Wildman–Crippen MR) is 83.4 cm³/mol. The van der Waals surface area contributed by atoms with Gasteiger partial charge in [0.25, 0.3) is 0 Å². The molecule has 1 heterocycles. The van der Waals surface area contributed by atoms with Crippen LogP contribution in [-0.4, -0.2) is 20.5 Å². The van der Waals surface area contributed by atoms with Crippen molar-refractivity contribution in [3.63, 3.8) is 0 Å². The Morgan fingerprint density at radius 2 is 1.95 bits per heavy atom. The maximum absolute atomic E-state index is 12.2. The van der Waals surface area contributed by atoms with Crippen LogP contribution in [0.1, 0.15) is 15.9 Å². The van der Waals surface area contributed by atoms with Gasteiger partial charge in [-0.05, 0) is 0 Å². The third-order valence-electron chi connectivity index (χ3n) is 2.90. The minimum atomic E-state index is -0.130. The maximum atomic E-state index is 12.2. The Hall–Kier alpha value is -1.49. The van der Waals surface area contributed by atoms with Crippen molar-refractivity contribution in [1.29, 1.82) is 0 Å². The standard InChI is InChI=1S/C14H10BrN3OSe/c15-8-9-4-6-10(7-5-9)14(19)16-11-2-1-3-12-13(11)18-20-17-12/h1-7H,8H2,(H,16,19). The van der Waals surface area contributed by atoms with E-state index in [0.717, 1.165) is 28.0 Å². The van der Waals surface area contributed by atoms with E-state index in [1.54, 1.807) is 0 Å². The molecule has 0 radical (unpaired) electrons. The van der Waals surface area contributed by atoms with Crippen LogP contribution < -0.4 is 5.32 Å². The molecule has 100 valence electrons. The first-order valence-electron chi connectivity index (χ1n) is 5.95. The van der Waals surface area contributed by atoms with Gasteiger partial charge in [-0.1, -0.05) is 0 Å². The van der Waals surface area contributed by atoms with Crippen LogP contribution in [0.2, 0.25) is 0 Å². The van der Waals surface area contributed by atoms with E-state index >= 15 is 0 Å². The van der Waals surface area contributed by atoms with Crippen molar-refractivity contribution in [3.8, 4) is 0 Å². The summed E-state index contributed by atoms with van der Waals surface area (Å²) in [6, 6.07) is 13.1. The molecule has 1 N–H and O–H groups in total. The minimum absolute atomic E-state index is 0.0965. The molecule has 0 saturated carbocycles. The molecule has 6 heteroatoms. The average molecular weight is 395 g/mol. The Morgan fingerprint density at radius 1 is 1.15 bits per heavy atom. The topological polar surface area (TPSA) is 53.8 Å². The number of benzene rings is 2. The number of amides is 1. The summed E-state index contributed by atoms with van der Waals surface area (Å²) in [5, 5.41) is 3.68. The van der Waals surface area contributed by atoms with E-state index in [9.17, 15) is 4.79 Å². The first-order chi connectivity index (χ1) is 9.78. The second kappa shape index (κ2) is 5.87. The van der Waals surface area contributed by atoms with Gasteiger partial charge in [-0.2, -0.15) is 0 Å². The van der Waals surface area contributed by atoms with Crippen molar-refractivity contribution in [2.75, 3.05) is 5.32 Å². The molecule has 4 nitrogen and oxygen atoms in total. The molecule has 1 aliphatic heterocycles. The van der Waals surface area contributed by atoms with Gasteiger partial charge in [0.05, 0.1) is 0 Å². The summed E-state index contributed by atoms with van der Waals surface area (Å²) in [6.07, 6.45) is 0. The van der Waals surface area contributed by atoms with Crippen molar-refractivity contribution >= 4 is 53.5 Å². The number of rotatable bonds is 3. The van der Waals surface area contributed by atoms with E-state index in [2.05, 4.69) is 29.2 Å². The number of nitrogens with zero attached hydrogens (tertiary/aromatic N) is 2. The number of alkyl halides is 1. The Kier molecular flexibility index (Phi) is 3.96. The second-order valence-electron chi connectivity index (χ2n) is 4.22. The van der Waals surface area contributed by atoms with Crippen LogP contribution >= 0.6 is 15.9 Å². The predicted octanol–water partition coefficient (Wildman–Crippen LogP) is 4.18. The van der Waals surface area contributed by atoms with Crippen molar-refractivity contribution in [3.05, 3.63) is 53.6 Å². The van der Waals surface area contributed by atoms with Crippen LogP contribution in [0.5, 0.6) is 0 Å². The monoisotopic (exact) mass is 395 g/mol. The van der Waals surface area contributed by atoms with E-state index < -0.39 is 0 Å². The molecule has 0 unspecified atom stereocenters. The van der Waals surface area contributed by atoms with E-state index in [0.29, 0.717) is 5.56 Å². The summed E-state index contributed by atoms with van der Waals surface area (Å²) >= 11 is 3.29. The van der Waals surface area contributed by atoms with E-state index in [1.807, 2.05) is 42.5 Å². The molecule has 0 fully saturated rings. The van der Waals surface area contributed by atoms with Gasteiger partial charge >= 0.3 is 130 Å². The fourth-order valence-corrected chi connectivity index (χ4v) is 3.37. The van der Waals surface area contributed by atoms with E-state index in [4.69, 9.17) is 0 Å². The van der Waals surface area contributed by atoms with Gasteiger partial charge in [0.1, 0.15) is 0 Å². The van der Waals surface area contributed by atoms with Crippen LogP contribution in [0.3, 0.4) is 0 Å². The summed E-state index contributed by atoms with van der Waals surface area (Å²) in [7, 11) is 0. The van der Waals surface area contributed by atoms with E-state index in [1.165, 1.54) is 0 Å². The summed E-state index contributed by atoms with van der Waals surface area (Å²) in [5.74, 6) is -0.130. The van der Waals surface area contributed by atoms with Crippen molar-refractivity contribution in [1.82, 2.24) is 0 Å². The first-order valence-corrected chi connectivity index (χ1v) is 8.61. The van der Waals surface area contributed by atoms with Crippen molar-refractivity contribution in [2.45, 2.75) is 5.33 Å². The molecule has 0 aromatic heterocycles. The molecule has 1 amide bonds. The zero-order chi connectivity index (χ0) is 13.9. The Morgan fingerprint density at radius 3 is 2.70 bits per heavy atom. The van der Waals surface area contributed by atoms with Gasteiger partial charge < -0.3 is 0 Å². The summed E-state index contributed by atoms with van der Waals surface area (Å²) in [6.45, 7) is 0. The first kappa shape index (κ1) is 13.5. The fourth-order valence-electron chi connectivity index (χ4n) is 1.85. The van der Waals surface area contributed by atoms with Crippen LogP contribution in [0.15, 0.2) is 50.4 Å². The quantitative estimate of drug-likeness (QED) is 0.525. The number of fused-ring (bicyclic) bond motifs is 1. The Balaban J connectivity index is 1.83. The van der Waals surface area contributed by atoms with E-state index in [-0.39, 0.29) is 20.5 Å². The van der Waals surface area contributed by atoms with Crippen molar-refractivity contribution < 1.29 is 4.79 Å². The molecular weight excluding hydrogens is 385 g/mol. The molecule has 2 aromatic carbocycles. The zero-order valence-corrected chi connectivity index (χ0v) is 13.6. The summed E-state index contributed by atoms with van der Waals surface area (Å²) in [4.78, 5) is 12.2. The number of carbonyl (C=O) groups is 1. The zero-order valence-electron chi connectivity index (χ0n) is 10.3. The molecule has 0 bridgehead atoms. The summed E-state index contributed by atoms with van der Waals surface area (Å²) in [5.41, 5.74) is 4.14. The molecule has 20 heavy (non-hydrogen) atoms. The summed E-state index contributed by atoms with van der Waals surface area (Å²) < 4.78 is 8.65. The van der Waals surface area contributed by atoms with Gasteiger partial charge in [-0.25, -0.2) is 0 Å². The molecule has 0 atom stereocenters. The van der Waals surface area contributed by atoms with Gasteiger partial charge in [0.15, 0.2) is 0 Å². The molecule has 3 rings (SSSR count). The molecule has 0 saturated heterocycles. The second-order valence-corrected chi connectivity index (χ2v) is 5.89. The number of carbonyl (C=O) groups excluding carboxylic acids is 1. The van der Waals surface area contributed by atoms with Gasteiger partial charge in [0, 0.05) is 0 Å². The number of hydrogen-bond acceptors (Lipinski definition) is 3. The van der Waals surface area contributed by atoms with Crippen molar-refractivity contribution in [2.24, 2.45) is 7.92 Å². The van der Waals surface area contributed by atoms with Crippen LogP contribution in [0, 0.1) is 0 Å². The van der Waals surface area contributed by atoms with Gasteiger partial charge in [-0.15, -0.1) is 0 Å². The normalized spacial score (nSPS) is 11.8. The Bertz CT molecular complexity index is 737. The van der Waals surface area contributed by atoms with Crippen LogP contribution in [-0.2, 0) is 5.33 Å². The number of nitrogens with one attached hydrogen (secondary N) is 1.